The van der Waals surface area contributed by atoms with Crippen LogP contribution in [0.3, 0.4) is 0 Å². The minimum Gasteiger partial charge on any atom is -0.465 e. The summed E-state index contributed by atoms with van der Waals surface area (Å²) in [5.41, 5.74) is 1.78. The highest BCUT2D eigenvalue weighted by molar-refractivity contribution is 9.10. The van der Waals surface area contributed by atoms with Crippen LogP contribution >= 0.6 is 15.9 Å². The van der Waals surface area contributed by atoms with E-state index >= 15 is 0 Å². The van der Waals surface area contributed by atoms with Crippen molar-refractivity contribution in [3.63, 3.8) is 0 Å². The van der Waals surface area contributed by atoms with Crippen LogP contribution in [0.5, 0.6) is 0 Å². The predicted molar refractivity (Wildman–Crippen MR) is 81.3 cm³/mol. The summed E-state index contributed by atoms with van der Waals surface area (Å²) in [6.45, 7) is 7.48. The van der Waals surface area contributed by atoms with Crippen molar-refractivity contribution in [1.82, 2.24) is 4.90 Å². The van der Waals surface area contributed by atoms with Gasteiger partial charge in [-0.15, -0.1) is 0 Å². The molecule has 0 saturated carbocycles. The summed E-state index contributed by atoms with van der Waals surface area (Å²) >= 11 is 3.54. The van der Waals surface area contributed by atoms with Crippen molar-refractivity contribution >= 4 is 21.9 Å². The molecule has 0 aliphatic rings. The van der Waals surface area contributed by atoms with Gasteiger partial charge in [0, 0.05) is 11.0 Å². The molecule has 0 bridgehead atoms. The van der Waals surface area contributed by atoms with Gasteiger partial charge >= 0.3 is 5.97 Å². The van der Waals surface area contributed by atoms with Crippen molar-refractivity contribution in [3.05, 3.63) is 33.8 Å². The molecule has 0 aliphatic carbocycles. The molecule has 0 aliphatic heterocycles. The molecule has 0 atom stereocenters. The molecular weight excluding hydrogens is 306 g/mol. The minimum atomic E-state index is -0.300. The summed E-state index contributed by atoms with van der Waals surface area (Å²) in [6, 6.07) is 5.65. The van der Waals surface area contributed by atoms with E-state index in [-0.39, 0.29) is 5.97 Å². The van der Waals surface area contributed by atoms with Crippen LogP contribution in [0.4, 0.5) is 0 Å². The fourth-order valence-electron chi connectivity index (χ4n) is 2.06. The number of carbonyl (C=O) groups excluding carboxylic acids is 1. The molecule has 0 amide bonds. The quantitative estimate of drug-likeness (QED) is 0.712. The zero-order chi connectivity index (χ0) is 14.3. The highest BCUT2D eigenvalue weighted by Crippen LogP contribution is 2.21. The number of benzene rings is 1. The van der Waals surface area contributed by atoms with E-state index in [1.807, 2.05) is 18.2 Å². The van der Waals surface area contributed by atoms with E-state index in [0.717, 1.165) is 36.9 Å². The second-order valence-corrected chi connectivity index (χ2v) is 5.43. The topological polar surface area (TPSA) is 29.5 Å². The summed E-state index contributed by atoms with van der Waals surface area (Å²) in [7, 11) is 1.40. The van der Waals surface area contributed by atoms with Crippen molar-refractivity contribution < 1.29 is 9.53 Å². The Kier molecular flexibility index (Phi) is 7.10. The van der Waals surface area contributed by atoms with Gasteiger partial charge in [-0.25, -0.2) is 4.79 Å². The van der Waals surface area contributed by atoms with Gasteiger partial charge in [-0.1, -0.05) is 35.8 Å². The molecule has 19 heavy (non-hydrogen) atoms. The van der Waals surface area contributed by atoms with Gasteiger partial charge in [-0.3, -0.25) is 4.90 Å². The van der Waals surface area contributed by atoms with Crippen LogP contribution in [-0.2, 0) is 11.3 Å². The molecule has 0 spiro atoms. The Balaban J connectivity index is 2.80. The van der Waals surface area contributed by atoms with Crippen molar-refractivity contribution in [2.75, 3.05) is 20.2 Å². The average molecular weight is 328 g/mol. The lowest BCUT2D eigenvalue weighted by Crippen LogP contribution is -2.25. The Bertz CT molecular complexity index is 415. The first-order valence-electron chi connectivity index (χ1n) is 6.71. The maximum atomic E-state index is 11.5. The van der Waals surface area contributed by atoms with Gasteiger partial charge in [0.1, 0.15) is 0 Å². The number of carbonyl (C=O) groups is 1. The zero-order valence-electron chi connectivity index (χ0n) is 11.9. The van der Waals surface area contributed by atoms with E-state index in [9.17, 15) is 4.79 Å². The first-order valence-corrected chi connectivity index (χ1v) is 7.50. The van der Waals surface area contributed by atoms with E-state index in [2.05, 4.69) is 34.7 Å². The van der Waals surface area contributed by atoms with Gasteiger partial charge in [-0.05, 0) is 43.6 Å². The normalized spacial score (nSPS) is 10.8. The molecule has 0 aromatic heterocycles. The number of ether oxygens (including phenoxy) is 1. The van der Waals surface area contributed by atoms with Gasteiger partial charge in [-0.2, -0.15) is 0 Å². The number of rotatable bonds is 7. The smallest absolute Gasteiger partial charge is 0.337 e. The average Bonchev–Trinajstić information content (AvgIpc) is 2.40. The molecule has 1 aromatic carbocycles. The minimum absolute atomic E-state index is 0.300. The van der Waals surface area contributed by atoms with Crippen LogP contribution in [0, 0.1) is 0 Å². The molecule has 0 saturated heterocycles. The third kappa shape index (κ3) is 4.96. The van der Waals surface area contributed by atoms with Crippen molar-refractivity contribution in [3.8, 4) is 0 Å². The molecule has 0 heterocycles. The highest BCUT2D eigenvalue weighted by Gasteiger charge is 2.11. The number of esters is 1. The second kappa shape index (κ2) is 8.33. The van der Waals surface area contributed by atoms with Gasteiger partial charge in [0.2, 0.25) is 0 Å². The van der Waals surface area contributed by atoms with E-state index < -0.39 is 0 Å². The summed E-state index contributed by atoms with van der Waals surface area (Å²) in [5.74, 6) is -0.300. The molecule has 1 rings (SSSR count). The van der Waals surface area contributed by atoms with Gasteiger partial charge in [0.25, 0.3) is 0 Å². The summed E-state index contributed by atoms with van der Waals surface area (Å²) in [4.78, 5) is 13.9. The Hall–Kier alpha value is -0.870. The van der Waals surface area contributed by atoms with E-state index in [1.165, 1.54) is 12.7 Å². The van der Waals surface area contributed by atoms with E-state index in [1.54, 1.807) is 0 Å². The Morgan fingerprint density at radius 1 is 1.26 bits per heavy atom. The molecule has 4 heteroatoms. The predicted octanol–water partition coefficient (Wildman–Crippen LogP) is 3.86. The second-order valence-electron chi connectivity index (χ2n) is 4.57. The van der Waals surface area contributed by atoms with Crippen molar-refractivity contribution in [2.45, 2.75) is 33.2 Å². The Morgan fingerprint density at radius 2 is 1.89 bits per heavy atom. The lowest BCUT2D eigenvalue weighted by Gasteiger charge is -2.21. The van der Waals surface area contributed by atoms with Crippen LogP contribution in [0.25, 0.3) is 0 Å². The maximum Gasteiger partial charge on any atom is 0.337 e. The number of hydrogen-bond donors (Lipinski definition) is 0. The molecule has 1 aromatic rings. The number of methoxy groups -OCH3 is 1. The third-order valence-corrected chi connectivity index (χ3v) is 3.69. The van der Waals surface area contributed by atoms with E-state index in [4.69, 9.17) is 4.74 Å². The third-order valence-electron chi connectivity index (χ3n) is 2.95. The molecule has 0 N–H and O–H groups in total. The molecular formula is C15H22BrNO2. The zero-order valence-corrected chi connectivity index (χ0v) is 13.5. The fraction of sp³-hybridized carbons (Fsp3) is 0.533. The van der Waals surface area contributed by atoms with Crippen LogP contribution in [0.2, 0.25) is 0 Å². The molecule has 0 fully saturated rings. The fourth-order valence-corrected chi connectivity index (χ4v) is 2.57. The SMILES string of the molecule is CCCN(CCC)Cc1ccc(C(=O)OC)cc1Br. The van der Waals surface area contributed by atoms with Crippen LogP contribution < -0.4 is 0 Å². The molecule has 106 valence electrons. The molecule has 3 nitrogen and oxygen atoms in total. The number of hydrogen-bond acceptors (Lipinski definition) is 3. The molecule has 0 radical (unpaired) electrons. The van der Waals surface area contributed by atoms with Crippen molar-refractivity contribution in [2.24, 2.45) is 0 Å². The first kappa shape index (κ1) is 16.2. The first-order chi connectivity index (χ1) is 9.12. The standard InChI is InChI=1S/C15H22BrNO2/c1-4-8-17(9-5-2)11-13-7-6-12(10-14(13)16)15(18)19-3/h6-7,10H,4-5,8-9,11H2,1-3H3. The van der Waals surface area contributed by atoms with Crippen molar-refractivity contribution in [1.29, 1.82) is 0 Å². The van der Waals surface area contributed by atoms with Gasteiger partial charge < -0.3 is 4.74 Å². The number of halogens is 1. The van der Waals surface area contributed by atoms with E-state index in [0.29, 0.717) is 5.56 Å². The number of nitrogens with zero attached hydrogens (tertiary/aromatic N) is 1. The summed E-state index contributed by atoms with van der Waals surface area (Å²) in [5, 5.41) is 0. The largest absolute Gasteiger partial charge is 0.465 e. The van der Waals surface area contributed by atoms with Crippen LogP contribution in [-0.4, -0.2) is 31.1 Å². The molecule has 0 unspecified atom stereocenters. The lowest BCUT2D eigenvalue weighted by atomic mass is 10.1. The van der Waals surface area contributed by atoms with Gasteiger partial charge in [0.15, 0.2) is 0 Å². The van der Waals surface area contributed by atoms with Crippen LogP contribution in [0.1, 0.15) is 42.6 Å². The lowest BCUT2D eigenvalue weighted by molar-refractivity contribution is 0.0600. The highest BCUT2D eigenvalue weighted by atomic mass is 79.9. The van der Waals surface area contributed by atoms with Gasteiger partial charge in [0.05, 0.1) is 12.7 Å². The summed E-state index contributed by atoms with van der Waals surface area (Å²) in [6.07, 6.45) is 2.30. The summed E-state index contributed by atoms with van der Waals surface area (Å²) < 4.78 is 5.68. The Morgan fingerprint density at radius 3 is 2.37 bits per heavy atom. The van der Waals surface area contributed by atoms with Crippen LogP contribution in [0.15, 0.2) is 22.7 Å². The maximum absolute atomic E-state index is 11.5. The Labute approximate surface area is 124 Å². The monoisotopic (exact) mass is 327 g/mol.